The summed E-state index contributed by atoms with van der Waals surface area (Å²) in [6.07, 6.45) is 3.85. The fourth-order valence-electron chi connectivity index (χ4n) is 4.76. The average molecular weight is 354 g/mol. The number of carbonyl (C=O) groups is 2. The van der Waals surface area contributed by atoms with Crippen LogP contribution in [-0.2, 0) is 4.79 Å². The molecule has 6 heteroatoms. The first-order chi connectivity index (χ1) is 12.1. The topological polar surface area (TPSA) is 68.3 Å². The molecular formula is C19H18N2O3S. The second kappa shape index (κ2) is 5.14. The maximum absolute atomic E-state index is 12.7. The van der Waals surface area contributed by atoms with Gasteiger partial charge in [0.15, 0.2) is 10.9 Å². The van der Waals surface area contributed by atoms with Gasteiger partial charge in [-0.15, -0.1) is 11.3 Å². The predicted octanol–water partition coefficient (Wildman–Crippen LogP) is 3.45. The molecule has 4 atom stereocenters. The fourth-order valence-corrected chi connectivity index (χ4v) is 5.29. The van der Waals surface area contributed by atoms with E-state index < -0.39 is 5.60 Å². The highest BCUT2D eigenvalue weighted by Gasteiger charge is 2.70. The molecule has 2 heterocycles. The van der Waals surface area contributed by atoms with Crippen molar-refractivity contribution in [1.82, 2.24) is 4.98 Å². The second-order valence-electron chi connectivity index (χ2n) is 7.35. The monoisotopic (exact) mass is 354 g/mol. The Kier molecular flexibility index (Phi) is 3.10. The molecule has 1 aromatic carbocycles. The van der Waals surface area contributed by atoms with Gasteiger partial charge in [-0.2, -0.15) is 0 Å². The van der Waals surface area contributed by atoms with Crippen LogP contribution in [0, 0.1) is 24.7 Å². The number of anilines is 1. The van der Waals surface area contributed by atoms with Gasteiger partial charge in [0.25, 0.3) is 0 Å². The number of amides is 1. The number of aromatic nitrogens is 1. The fraction of sp³-hybridized carbons (Fsp3) is 0.421. The minimum Gasteiger partial charge on any atom is -0.486 e. The third kappa shape index (κ3) is 2.24. The van der Waals surface area contributed by atoms with Gasteiger partial charge in [-0.3, -0.25) is 9.59 Å². The van der Waals surface area contributed by atoms with Gasteiger partial charge in [0.2, 0.25) is 5.91 Å². The zero-order valence-corrected chi connectivity index (χ0v) is 14.6. The summed E-state index contributed by atoms with van der Waals surface area (Å²) in [4.78, 5) is 29.4. The number of nitrogens with zero attached hydrogens (tertiary/aromatic N) is 1. The Bertz CT molecular complexity index is 879. The number of thiazole rings is 1. The molecule has 1 N–H and O–H groups in total. The Morgan fingerprint density at radius 2 is 2.32 bits per heavy atom. The minimum absolute atomic E-state index is 0.00905. The Morgan fingerprint density at radius 1 is 1.44 bits per heavy atom. The quantitative estimate of drug-likeness (QED) is 0.897. The first-order valence-corrected chi connectivity index (χ1v) is 9.49. The van der Waals surface area contributed by atoms with Gasteiger partial charge in [0.05, 0.1) is 12.0 Å². The Morgan fingerprint density at radius 3 is 3.12 bits per heavy atom. The average Bonchev–Trinajstić information content (AvgIpc) is 2.91. The van der Waals surface area contributed by atoms with Gasteiger partial charge in [-0.1, -0.05) is 11.6 Å². The van der Waals surface area contributed by atoms with Crippen LogP contribution in [0.4, 0.5) is 5.13 Å². The Hall–Kier alpha value is -2.21. The van der Waals surface area contributed by atoms with Gasteiger partial charge in [0, 0.05) is 23.4 Å². The molecule has 25 heavy (non-hydrogen) atoms. The number of benzene rings is 1. The lowest BCUT2D eigenvalue weighted by Crippen LogP contribution is -2.44. The summed E-state index contributed by atoms with van der Waals surface area (Å²) < 4.78 is 6.36. The van der Waals surface area contributed by atoms with Crippen LogP contribution in [0.15, 0.2) is 29.8 Å². The third-order valence-electron chi connectivity index (χ3n) is 5.85. The molecule has 2 aliphatic carbocycles. The highest BCUT2D eigenvalue weighted by atomic mass is 32.1. The lowest BCUT2D eigenvalue weighted by molar-refractivity contribution is -0.119. The van der Waals surface area contributed by atoms with Crippen molar-refractivity contribution in [2.45, 2.75) is 31.8 Å². The molecule has 1 amide bonds. The number of aryl methyl sites for hydroxylation is 1. The van der Waals surface area contributed by atoms with E-state index in [2.05, 4.69) is 10.3 Å². The second-order valence-corrected chi connectivity index (χ2v) is 8.24. The van der Waals surface area contributed by atoms with E-state index >= 15 is 0 Å². The molecule has 5 rings (SSSR count). The van der Waals surface area contributed by atoms with Crippen LogP contribution in [0.1, 0.15) is 35.2 Å². The summed E-state index contributed by atoms with van der Waals surface area (Å²) in [5.74, 6) is 1.20. The maximum Gasteiger partial charge on any atom is 0.230 e. The molecule has 0 saturated heterocycles. The van der Waals surface area contributed by atoms with Crippen molar-refractivity contribution >= 4 is 28.2 Å². The number of hydrogen-bond acceptors (Lipinski definition) is 5. The van der Waals surface area contributed by atoms with Crippen molar-refractivity contribution < 1.29 is 14.3 Å². The standard InChI is InChI=1S/C19H18N2O3S/c1-10-2-3-14-12(8-10)13(22)9-19(24-14)5-4-11-15(16(11)19)17(23)21-18-20-6-7-25-18/h2-3,6-8,11,15-16H,4-5,9H2,1H3,(H,20,21,23)/t11-,15+,16+,19+/m1/s1. The number of ketones is 1. The largest absolute Gasteiger partial charge is 0.486 e. The molecule has 3 aliphatic rings. The summed E-state index contributed by atoms with van der Waals surface area (Å²) in [5, 5.41) is 5.37. The van der Waals surface area contributed by atoms with Crippen LogP contribution in [-0.4, -0.2) is 22.3 Å². The third-order valence-corrected chi connectivity index (χ3v) is 6.54. The normalized spacial score (nSPS) is 32.0. The number of fused-ring (bicyclic) bond motifs is 3. The first kappa shape index (κ1) is 15.1. The van der Waals surface area contributed by atoms with E-state index in [1.165, 1.54) is 11.3 Å². The summed E-state index contributed by atoms with van der Waals surface area (Å²) in [7, 11) is 0. The van der Waals surface area contributed by atoms with Crippen molar-refractivity contribution in [2.24, 2.45) is 17.8 Å². The van der Waals surface area contributed by atoms with Crippen LogP contribution in [0.5, 0.6) is 5.75 Å². The predicted molar refractivity (Wildman–Crippen MR) is 93.9 cm³/mol. The molecular weight excluding hydrogens is 336 g/mol. The van der Waals surface area contributed by atoms with E-state index in [0.717, 1.165) is 18.4 Å². The first-order valence-electron chi connectivity index (χ1n) is 8.61. The zero-order valence-electron chi connectivity index (χ0n) is 13.8. The zero-order chi connectivity index (χ0) is 17.2. The van der Waals surface area contributed by atoms with E-state index in [0.29, 0.717) is 28.8 Å². The highest BCUT2D eigenvalue weighted by molar-refractivity contribution is 7.13. The molecule has 1 aliphatic heterocycles. The van der Waals surface area contributed by atoms with E-state index in [4.69, 9.17) is 4.74 Å². The summed E-state index contributed by atoms with van der Waals surface area (Å²) in [5.41, 5.74) is 1.23. The molecule has 1 spiro atoms. The van der Waals surface area contributed by atoms with E-state index in [1.54, 1.807) is 6.20 Å². The minimum atomic E-state index is -0.505. The maximum atomic E-state index is 12.7. The van der Waals surface area contributed by atoms with Crippen LogP contribution >= 0.6 is 11.3 Å². The molecule has 1 aromatic heterocycles. The van der Waals surface area contributed by atoms with E-state index in [9.17, 15) is 9.59 Å². The number of ether oxygens (including phenoxy) is 1. The smallest absolute Gasteiger partial charge is 0.230 e. The molecule has 0 radical (unpaired) electrons. The van der Waals surface area contributed by atoms with Gasteiger partial charge in [-0.05, 0) is 37.8 Å². The lowest BCUT2D eigenvalue weighted by Gasteiger charge is -2.37. The lowest BCUT2D eigenvalue weighted by atomic mass is 9.84. The highest BCUT2D eigenvalue weighted by Crippen LogP contribution is 2.65. The molecule has 2 fully saturated rings. The molecule has 0 bridgehead atoms. The van der Waals surface area contributed by atoms with E-state index in [1.807, 2.05) is 30.5 Å². The van der Waals surface area contributed by atoms with Gasteiger partial charge in [0.1, 0.15) is 11.4 Å². The van der Waals surface area contributed by atoms with Gasteiger partial charge in [-0.25, -0.2) is 4.98 Å². The SMILES string of the molecule is Cc1ccc2c(c1)C(=O)C[C@]1(CC[C@@H]3[C@H](C(=O)Nc4nccs4)[C@H]31)O2. The summed E-state index contributed by atoms with van der Waals surface area (Å²) in [6.45, 7) is 1.98. The Labute approximate surface area is 149 Å². The van der Waals surface area contributed by atoms with Gasteiger partial charge < -0.3 is 10.1 Å². The van der Waals surface area contributed by atoms with Crippen LogP contribution < -0.4 is 10.1 Å². The van der Waals surface area contributed by atoms with Crippen LogP contribution in [0.3, 0.4) is 0 Å². The number of nitrogens with one attached hydrogen (secondary N) is 1. The van der Waals surface area contributed by atoms with E-state index in [-0.39, 0.29) is 23.5 Å². The number of Topliss-reactive ketones (excluding diaryl/α,β-unsaturated/α-hetero) is 1. The van der Waals surface area contributed by atoms with Crippen molar-refractivity contribution in [3.8, 4) is 5.75 Å². The molecule has 2 aromatic rings. The molecule has 0 unspecified atom stereocenters. The van der Waals surface area contributed by atoms with Crippen molar-refractivity contribution in [2.75, 3.05) is 5.32 Å². The Balaban J connectivity index is 1.40. The van der Waals surface area contributed by atoms with Crippen molar-refractivity contribution in [3.05, 3.63) is 40.9 Å². The molecule has 128 valence electrons. The van der Waals surface area contributed by atoms with Gasteiger partial charge >= 0.3 is 0 Å². The number of hydrogen-bond donors (Lipinski definition) is 1. The van der Waals surface area contributed by atoms with Crippen LogP contribution in [0.25, 0.3) is 0 Å². The molecule has 5 nitrogen and oxygen atoms in total. The summed E-state index contributed by atoms with van der Waals surface area (Å²) in [6, 6.07) is 5.76. The van der Waals surface area contributed by atoms with Crippen LogP contribution in [0.2, 0.25) is 0 Å². The number of carbonyl (C=O) groups excluding carboxylic acids is 2. The number of rotatable bonds is 2. The van der Waals surface area contributed by atoms with Crippen molar-refractivity contribution in [3.63, 3.8) is 0 Å². The molecule has 2 saturated carbocycles. The summed E-state index contributed by atoms with van der Waals surface area (Å²) >= 11 is 1.42. The van der Waals surface area contributed by atoms with Crippen molar-refractivity contribution in [1.29, 1.82) is 0 Å².